The summed E-state index contributed by atoms with van der Waals surface area (Å²) in [4.78, 5) is 21.0. The number of anilines is 2. The third-order valence-corrected chi connectivity index (χ3v) is 5.71. The van der Waals surface area contributed by atoms with E-state index in [1.165, 1.54) is 22.7 Å². The summed E-state index contributed by atoms with van der Waals surface area (Å²) in [5.74, 6) is 0. The molecule has 8 heteroatoms. The Morgan fingerprint density at radius 1 is 1.14 bits per heavy atom. The van der Waals surface area contributed by atoms with Crippen LogP contribution < -0.4 is 10.6 Å². The average Bonchev–Trinajstić information content (AvgIpc) is 3.16. The van der Waals surface area contributed by atoms with Crippen LogP contribution >= 0.6 is 34.0 Å². The second kappa shape index (κ2) is 5.31. The molecule has 4 aromatic rings. The van der Waals surface area contributed by atoms with E-state index in [1.54, 1.807) is 11.3 Å². The van der Waals surface area contributed by atoms with Crippen LogP contribution in [0.4, 0.5) is 14.9 Å². The number of fused-ring (bicyclic) bond motifs is 3. The van der Waals surface area contributed by atoms with Gasteiger partial charge < -0.3 is 0 Å². The molecule has 110 valence electrons. The molecule has 2 N–H and O–H groups in total. The fourth-order valence-electron chi connectivity index (χ4n) is 2.13. The number of nitrogens with one attached hydrogen (secondary N) is 2. The van der Waals surface area contributed by atoms with Crippen LogP contribution in [0.2, 0.25) is 0 Å². The molecule has 0 spiro atoms. The molecule has 0 unspecified atom stereocenters. The number of hydrogen-bond donors (Lipinski definition) is 2. The minimum atomic E-state index is -0.285. The normalized spacial score (nSPS) is 11.1. The van der Waals surface area contributed by atoms with Crippen molar-refractivity contribution in [2.75, 3.05) is 10.6 Å². The SMILES string of the molecule is Cc1nc2c(ccc3nc(NC(=O)Nc4cccs4)sc32)s1. The lowest BCUT2D eigenvalue weighted by molar-refractivity contribution is 0.262. The maximum absolute atomic E-state index is 12.0. The van der Waals surface area contributed by atoms with E-state index < -0.39 is 0 Å². The Morgan fingerprint density at radius 2 is 2.05 bits per heavy atom. The molecule has 1 aromatic carbocycles. The summed E-state index contributed by atoms with van der Waals surface area (Å²) in [5.41, 5.74) is 1.82. The number of thiophene rings is 1. The fraction of sp³-hybridized carbons (Fsp3) is 0.0714. The number of carbonyl (C=O) groups is 1. The van der Waals surface area contributed by atoms with Gasteiger partial charge in [-0.05, 0) is 36.6 Å². The van der Waals surface area contributed by atoms with Crippen LogP contribution in [-0.2, 0) is 0 Å². The highest BCUT2D eigenvalue weighted by Crippen LogP contribution is 2.34. The smallest absolute Gasteiger partial charge is 0.299 e. The predicted octanol–water partition coefficient (Wildman–Crippen LogP) is 4.92. The summed E-state index contributed by atoms with van der Waals surface area (Å²) < 4.78 is 2.15. The molecular formula is C14H10N4OS3. The van der Waals surface area contributed by atoms with Gasteiger partial charge in [0, 0.05) is 0 Å². The molecular weight excluding hydrogens is 336 g/mol. The third-order valence-electron chi connectivity index (χ3n) is 3.00. The summed E-state index contributed by atoms with van der Waals surface area (Å²) in [7, 11) is 0. The van der Waals surface area contributed by atoms with Gasteiger partial charge in [-0.15, -0.1) is 22.7 Å². The van der Waals surface area contributed by atoms with Crippen LogP contribution in [0.5, 0.6) is 0 Å². The van der Waals surface area contributed by atoms with Crippen molar-refractivity contribution in [1.29, 1.82) is 0 Å². The number of aryl methyl sites for hydroxylation is 1. The molecule has 0 aliphatic rings. The van der Waals surface area contributed by atoms with Crippen molar-refractivity contribution >= 4 is 70.6 Å². The second-order valence-corrected chi connectivity index (χ2v) is 7.75. The van der Waals surface area contributed by atoms with E-state index in [1.807, 2.05) is 36.6 Å². The van der Waals surface area contributed by atoms with E-state index in [2.05, 4.69) is 20.6 Å². The average molecular weight is 346 g/mol. The number of urea groups is 1. The lowest BCUT2D eigenvalue weighted by atomic mass is 10.3. The van der Waals surface area contributed by atoms with Gasteiger partial charge in [-0.1, -0.05) is 11.3 Å². The first-order chi connectivity index (χ1) is 10.7. The number of amides is 2. The van der Waals surface area contributed by atoms with Gasteiger partial charge in [0.15, 0.2) is 5.13 Å². The maximum Gasteiger partial charge on any atom is 0.326 e. The highest BCUT2D eigenvalue weighted by molar-refractivity contribution is 7.24. The zero-order chi connectivity index (χ0) is 15.1. The standard InChI is InChI=1S/C14H10N4OS3/c1-7-15-11-9(21-7)5-4-8-12(11)22-14(16-8)18-13(19)17-10-3-2-6-20-10/h2-6H,1H3,(H2,16,17,18,19). The van der Waals surface area contributed by atoms with Gasteiger partial charge in [-0.3, -0.25) is 10.6 Å². The molecule has 4 rings (SSSR count). The van der Waals surface area contributed by atoms with E-state index in [0.717, 1.165) is 30.4 Å². The summed E-state index contributed by atoms with van der Waals surface area (Å²) >= 11 is 4.58. The Hall–Kier alpha value is -2.03. The summed E-state index contributed by atoms with van der Waals surface area (Å²) in [6.45, 7) is 1.99. The first kappa shape index (κ1) is 13.6. The minimum Gasteiger partial charge on any atom is -0.299 e. The predicted molar refractivity (Wildman–Crippen MR) is 94.5 cm³/mol. The molecule has 0 aliphatic heterocycles. The quantitative estimate of drug-likeness (QED) is 0.541. The van der Waals surface area contributed by atoms with E-state index in [9.17, 15) is 4.79 Å². The second-order valence-electron chi connectivity index (χ2n) is 4.57. The molecule has 0 atom stereocenters. The number of nitrogens with zero attached hydrogens (tertiary/aromatic N) is 2. The number of aromatic nitrogens is 2. The maximum atomic E-state index is 12.0. The van der Waals surface area contributed by atoms with Crippen molar-refractivity contribution in [3.63, 3.8) is 0 Å². The van der Waals surface area contributed by atoms with Crippen LogP contribution in [0.25, 0.3) is 20.4 Å². The molecule has 22 heavy (non-hydrogen) atoms. The highest BCUT2D eigenvalue weighted by Gasteiger charge is 2.12. The molecule has 0 radical (unpaired) electrons. The monoisotopic (exact) mass is 346 g/mol. The number of thiazole rings is 2. The number of benzene rings is 1. The van der Waals surface area contributed by atoms with E-state index >= 15 is 0 Å². The molecule has 0 saturated carbocycles. The summed E-state index contributed by atoms with van der Waals surface area (Å²) in [5, 5.41) is 9.87. The van der Waals surface area contributed by atoms with Crippen LogP contribution in [-0.4, -0.2) is 16.0 Å². The number of rotatable bonds is 2. The van der Waals surface area contributed by atoms with Gasteiger partial charge in [0.1, 0.15) is 5.52 Å². The molecule has 3 aromatic heterocycles. The van der Waals surface area contributed by atoms with Crippen molar-refractivity contribution < 1.29 is 4.79 Å². The van der Waals surface area contributed by atoms with Gasteiger partial charge in [0.05, 0.1) is 24.9 Å². The van der Waals surface area contributed by atoms with Crippen molar-refractivity contribution in [3.05, 3.63) is 34.7 Å². The first-order valence-electron chi connectivity index (χ1n) is 6.47. The van der Waals surface area contributed by atoms with Crippen LogP contribution in [0.15, 0.2) is 29.6 Å². The van der Waals surface area contributed by atoms with Crippen LogP contribution in [0, 0.1) is 6.92 Å². The summed E-state index contributed by atoms with van der Waals surface area (Å²) in [6, 6.07) is 7.45. The Balaban J connectivity index is 1.64. The number of hydrogen-bond acceptors (Lipinski definition) is 6. The third kappa shape index (κ3) is 2.45. The fourth-order valence-corrected chi connectivity index (χ4v) is 4.60. The first-order valence-corrected chi connectivity index (χ1v) is 8.98. The van der Waals surface area contributed by atoms with E-state index in [0.29, 0.717) is 5.13 Å². The Bertz CT molecular complexity index is 971. The zero-order valence-electron chi connectivity index (χ0n) is 11.4. The Labute approximate surface area is 137 Å². The molecule has 0 aliphatic carbocycles. The van der Waals surface area contributed by atoms with E-state index in [4.69, 9.17) is 0 Å². The van der Waals surface area contributed by atoms with Crippen molar-refractivity contribution in [2.24, 2.45) is 0 Å². The summed E-state index contributed by atoms with van der Waals surface area (Å²) in [6.07, 6.45) is 0. The molecule has 2 amide bonds. The van der Waals surface area contributed by atoms with Gasteiger partial charge in [0.2, 0.25) is 0 Å². The van der Waals surface area contributed by atoms with Crippen molar-refractivity contribution in [2.45, 2.75) is 6.92 Å². The largest absolute Gasteiger partial charge is 0.326 e. The van der Waals surface area contributed by atoms with Crippen LogP contribution in [0.1, 0.15) is 5.01 Å². The zero-order valence-corrected chi connectivity index (χ0v) is 13.9. The molecule has 5 nitrogen and oxygen atoms in total. The van der Waals surface area contributed by atoms with Gasteiger partial charge in [0.25, 0.3) is 0 Å². The van der Waals surface area contributed by atoms with Crippen molar-refractivity contribution in [3.8, 4) is 0 Å². The lowest BCUT2D eigenvalue weighted by Crippen LogP contribution is -2.18. The Morgan fingerprint density at radius 3 is 2.86 bits per heavy atom. The highest BCUT2D eigenvalue weighted by atomic mass is 32.1. The van der Waals surface area contributed by atoms with Gasteiger partial charge in [-0.25, -0.2) is 14.8 Å². The molecule has 3 heterocycles. The van der Waals surface area contributed by atoms with E-state index in [-0.39, 0.29) is 6.03 Å². The molecule has 0 saturated heterocycles. The molecule has 0 fully saturated rings. The topological polar surface area (TPSA) is 66.9 Å². The Kier molecular flexibility index (Phi) is 3.29. The lowest BCUT2D eigenvalue weighted by Gasteiger charge is -2.01. The van der Waals surface area contributed by atoms with Gasteiger partial charge in [-0.2, -0.15) is 0 Å². The van der Waals surface area contributed by atoms with Crippen molar-refractivity contribution in [1.82, 2.24) is 9.97 Å². The number of carbonyl (C=O) groups excluding carboxylic acids is 1. The minimum absolute atomic E-state index is 0.285. The van der Waals surface area contributed by atoms with Crippen LogP contribution in [0.3, 0.4) is 0 Å². The molecule has 0 bridgehead atoms. The van der Waals surface area contributed by atoms with Gasteiger partial charge >= 0.3 is 6.03 Å².